The number of hydrogen-bond donors (Lipinski definition) is 3. The van der Waals surface area contributed by atoms with Gasteiger partial charge in [-0.3, -0.25) is 10.1 Å². The second-order valence-electron chi connectivity index (χ2n) is 5.27. The van der Waals surface area contributed by atoms with E-state index in [0.717, 1.165) is 5.69 Å². The van der Waals surface area contributed by atoms with Crippen LogP contribution < -0.4 is 16.0 Å². The number of carbonyl (C=O) groups excluding carboxylic acids is 1. The van der Waals surface area contributed by atoms with Crippen molar-refractivity contribution in [2.45, 2.75) is 37.0 Å². The molecule has 20 heavy (non-hydrogen) atoms. The Morgan fingerprint density at radius 2 is 1.80 bits per heavy atom. The molecular formula is C13H16N4O3. The standard InChI is InChI=1S/C13H16N4O3/c18-13-15-9-6-11(14-8-4-2-1-3-5-8)12(17(19)20)7-10(9)16-13/h1-5,9-12,14H,6-7H2,(H2,15,16,18). The third kappa shape index (κ3) is 2.38. The molecule has 0 radical (unpaired) electrons. The Hall–Kier alpha value is -2.31. The van der Waals surface area contributed by atoms with Gasteiger partial charge in [0.05, 0.1) is 18.1 Å². The van der Waals surface area contributed by atoms with E-state index in [1.165, 1.54) is 0 Å². The van der Waals surface area contributed by atoms with E-state index in [0.29, 0.717) is 12.8 Å². The monoisotopic (exact) mass is 276 g/mol. The lowest BCUT2D eigenvalue weighted by Crippen LogP contribution is -2.54. The smallest absolute Gasteiger partial charge is 0.315 e. The number of anilines is 1. The van der Waals surface area contributed by atoms with E-state index < -0.39 is 6.04 Å². The maximum Gasteiger partial charge on any atom is 0.315 e. The maximum absolute atomic E-state index is 11.3. The molecular weight excluding hydrogens is 260 g/mol. The van der Waals surface area contributed by atoms with Crippen molar-refractivity contribution in [1.82, 2.24) is 10.6 Å². The molecule has 3 N–H and O–H groups in total. The second kappa shape index (κ2) is 4.99. The van der Waals surface area contributed by atoms with Gasteiger partial charge in [-0.05, 0) is 18.6 Å². The van der Waals surface area contributed by atoms with E-state index >= 15 is 0 Å². The predicted octanol–water partition coefficient (Wildman–Crippen LogP) is 0.956. The van der Waals surface area contributed by atoms with Crippen molar-refractivity contribution in [2.24, 2.45) is 0 Å². The highest BCUT2D eigenvalue weighted by molar-refractivity contribution is 5.77. The number of amides is 2. The average molecular weight is 276 g/mol. The number of fused-ring (bicyclic) bond motifs is 1. The Kier molecular flexibility index (Phi) is 3.17. The Balaban J connectivity index is 1.77. The minimum absolute atomic E-state index is 0.0417. The fraction of sp³-hybridized carbons (Fsp3) is 0.462. The summed E-state index contributed by atoms with van der Waals surface area (Å²) >= 11 is 0. The van der Waals surface area contributed by atoms with Gasteiger partial charge in [0.2, 0.25) is 6.04 Å². The lowest BCUT2D eigenvalue weighted by molar-refractivity contribution is -0.528. The van der Waals surface area contributed by atoms with E-state index in [2.05, 4.69) is 16.0 Å². The van der Waals surface area contributed by atoms with Crippen molar-refractivity contribution in [2.75, 3.05) is 5.32 Å². The summed E-state index contributed by atoms with van der Waals surface area (Å²) < 4.78 is 0. The fourth-order valence-electron chi connectivity index (χ4n) is 3.02. The first kappa shape index (κ1) is 12.7. The van der Waals surface area contributed by atoms with Gasteiger partial charge >= 0.3 is 6.03 Å². The molecule has 1 aromatic carbocycles. The van der Waals surface area contributed by atoms with Gasteiger partial charge in [0.25, 0.3) is 0 Å². The van der Waals surface area contributed by atoms with Gasteiger partial charge in [0.1, 0.15) is 0 Å². The molecule has 1 aliphatic heterocycles. The summed E-state index contributed by atoms with van der Waals surface area (Å²) in [6.45, 7) is 0. The number of rotatable bonds is 3. The zero-order chi connectivity index (χ0) is 14.1. The third-order valence-corrected chi connectivity index (χ3v) is 3.98. The summed E-state index contributed by atoms with van der Waals surface area (Å²) in [4.78, 5) is 22.3. The summed E-state index contributed by atoms with van der Waals surface area (Å²) in [6, 6.07) is 8.03. The summed E-state index contributed by atoms with van der Waals surface area (Å²) in [5.41, 5.74) is 0.861. The molecule has 1 saturated carbocycles. The van der Waals surface area contributed by atoms with E-state index in [1.807, 2.05) is 30.3 Å². The van der Waals surface area contributed by atoms with Gasteiger partial charge in [-0.25, -0.2) is 4.79 Å². The molecule has 7 nitrogen and oxygen atoms in total. The lowest BCUT2D eigenvalue weighted by atomic mass is 9.84. The molecule has 2 aliphatic rings. The van der Waals surface area contributed by atoms with Crippen molar-refractivity contribution < 1.29 is 9.72 Å². The summed E-state index contributed by atoms with van der Waals surface area (Å²) in [6.07, 6.45) is 0.894. The molecule has 2 fully saturated rings. The molecule has 0 aromatic heterocycles. The van der Waals surface area contributed by atoms with Crippen molar-refractivity contribution >= 4 is 11.7 Å². The molecule has 2 amide bonds. The summed E-state index contributed by atoms with van der Waals surface area (Å²) in [5.74, 6) is 0. The Morgan fingerprint density at radius 1 is 1.15 bits per heavy atom. The lowest BCUT2D eigenvalue weighted by Gasteiger charge is -2.33. The zero-order valence-corrected chi connectivity index (χ0v) is 10.8. The topological polar surface area (TPSA) is 96.3 Å². The van der Waals surface area contributed by atoms with Crippen LogP contribution in [0, 0.1) is 10.1 Å². The van der Waals surface area contributed by atoms with Gasteiger partial charge in [-0.15, -0.1) is 0 Å². The van der Waals surface area contributed by atoms with Gasteiger partial charge < -0.3 is 16.0 Å². The molecule has 1 aromatic rings. The molecule has 4 unspecified atom stereocenters. The summed E-state index contributed by atoms with van der Waals surface area (Å²) in [5, 5.41) is 20.0. The van der Waals surface area contributed by atoms with Crippen LogP contribution in [0.25, 0.3) is 0 Å². The molecule has 1 aliphatic carbocycles. The van der Waals surface area contributed by atoms with Crippen LogP contribution in [0.4, 0.5) is 10.5 Å². The Morgan fingerprint density at radius 3 is 2.45 bits per heavy atom. The molecule has 3 rings (SSSR count). The van der Waals surface area contributed by atoms with E-state index in [-0.39, 0.29) is 29.1 Å². The van der Waals surface area contributed by atoms with Crippen LogP contribution >= 0.6 is 0 Å². The van der Waals surface area contributed by atoms with Crippen molar-refractivity contribution in [1.29, 1.82) is 0 Å². The molecule has 4 atom stereocenters. The van der Waals surface area contributed by atoms with Crippen LogP contribution in [0.5, 0.6) is 0 Å². The van der Waals surface area contributed by atoms with Gasteiger partial charge in [-0.2, -0.15) is 0 Å². The predicted molar refractivity (Wildman–Crippen MR) is 73.1 cm³/mol. The van der Waals surface area contributed by atoms with Gasteiger partial charge in [0, 0.05) is 17.0 Å². The van der Waals surface area contributed by atoms with Crippen molar-refractivity contribution in [3.63, 3.8) is 0 Å². The second-order valence-corrected chi connectivity index (χ2v) is 5.27. The first-order chi connectivity index (χ1) is 9.63. The van der Waals surface area contributed by atoms with Crippen LogP contribution in [0.15, 0.2) is 30.3 Å². The largest absolute Gasteiger partial charge is 0.376 e. The van der Waals surface area contributed by atoms with Gasteiger partial charge in [-0.1, -0.05) is 18.2 Å². The molecule has 1 heterocycles. The average Bonchev–Trinajstić information content (AvgIpc) is 2.78. The van der Waals surface area contributed by atoms with Crippen LogP contribution in [0.2, 0.25) is 0 Å². The zero-order valence-electron chi connectivity index (χ0n) is 10.8. The first-order valence-electron chi connectivity index (χ1n) is 6.65. The van der Waals surface area contributed by atoms with Gasteiger partial charge in [0.15, 0.2) is 0 Å². The number of urea groups is 1. The number of hydrogen-bond acceptors (Lipinski definition) is 4. The highest BCUT2D eigenvalue weighted by Crippen LogP contribution is 2.27. The Bertz CT molecular complexity index is 522. The van der Waals surface area contributed by atoms with Crippen LogP contribution in [0.3, 0.4) is 0 Å². The number of benzene rings is 1. The number of nitrogens with one attached hydrogen (secondary N) is 3. The molecule has 106 valence electrons. The van der Waals surface area contributed by atoms with Crippen molar-refractivity contribution in [3.05, 3.63) is 40.4 Å². The quantitative estimate of drug-likeness (QED) is 0.566. The maximum atomic E-state index is 11.3. The van der Waals surface area contributed by atoms with Crippen molar-refractivity contribution in [3.8, 4) is 0 Å². The number of nitrogens with zero attached hydrogens (tertiary/aromatic N) is 1. The molecule has 1 saturated heterocycles. The van der Waals surface area contributed by atoms with Crippen LogP contribution in [-0.4, -0.2) is 35.1 Å². The molecule has 7 heteroatoms. The van der Waals surface area contributed by atoms with E-state index in [1.54, 1.807) is 0 Å². The third-order valence-electron chi connectivity index (χ3n) is 3.98. The highest BCUT2D eigenvalue weighted by Gasteiger charge is 2.47. The number of nitro groups is 1. The Labute approximate surface area is 115 Å². The number of carbonyl (C=O) groups is 1. The summed E-state index contributed by atoms with van der Waals surface area (Å²) in [7, 11) is 0. The molecule has 0 spiro atoms. The van der Waals surface area contributed by atoms with Crippen LogP contribution in [0.1, 0.15) is 12.8 Å². The normalized spacial score (nSPS) is 31.9. The SMILES string of the molecule is O=C1NC2CC(Nc3ccccc3)C([N+](=O)[O-])CC2N1. The minimum atomic E-state index is -0.698. The fourth-order valence-corrected chi connectivity index (χ4v) is 3.02. The first-order valence-corrected chi connectivity index (χ1v) is 6.65. The van der Waals surface area contributed by atoms with E-state index in [4.69, 9.17) is 0 Å². The number of para-hydroxylation sites is 1. The van der Waals surface area contributed by atoms with E-state index in [9.17, 15) is 14.9 Å². The van der Waals surface area contributed by atoms with Crippen LogP contribution in [-0.2, 0) is 0 Å². The molecule has 0 bridgehead atoms. The highest BCUT2D eigenvalue weighted by atomic mass is 16.6. The minimum Gasteiger partial charge on any atom is -0.376 e.